The number of hydroxylamine groups is 2. The van der Waals surface area contributed by atoms with Gasteiger partial charge in [0.2, 0.25) is 6.04 Å². The van der Waals surface area contributed by atoms with Gasteiger partial charge in [0.05, 0.1) is 0 Å². The fourth-order valence-electron chi connectivity index (χ4n) is 2.76. The Balaban J connectivity index is 2.25. The Bertz CT molecular complexity index is 660. The molecule has 3 atom stereocenters. The maximum Gasteiger partial charge on any atom is 0.232 e. The average Bonchev–Trinajstić information content (AvgIpc) is 2.57. The van der Waals surface area contributed by atoms with Gasteiger partial charge in [-0.2, -0.15) is 5.06 Å². The summed E-state index contributed by atoms with van der Waals surface area (Å²) < 4.78 is 0. The summed E-state index contributed by atoms with van der Waals surface area (Å²) in [7, 11) is 0. The molecular formula is C18H22N2O4. The van der Waals surface area contributed by atoms with Crippen LogP contribution < -0.4 is 0 Å². The minimum absolute atomic E-state index is 0.0769. The highest BCUT2D eigenvalue weighted by Gasteiger charge is 2.35. The highest BCUT2D eigenvalue weighted by Crippen LogP contribution is 2.28. The van der Waals surface area contributed by atoms with Crippen molar-refractivity contribution in [2.24, 2.45) is 0 Å². The zero-order chi connectivity index (χ0) is 17.7. The fraction of sp³-hybridized carbons (Fsp3) is 0.333. The molecule has 0 bridgehead atoms. The second kappa shape index (κ2) is 7.90. The van der Waals surface area contributed by atoms with E-state index in [2.05, 4.69) is 0 Å². The van der Waals surface area contributed by atoms with Crippen molar-refractivity contribution in [1.29, 1.82) is 0 Å². The van der Waals surface area contributed by atoms with Crippen LogP contribution in [0.15, 0.2) is 54.6 Å². The predicted molar refractivity (Wildman–Crippen MR) is 90.5 cm³/mol. The number of rotatable bonds is 7. The second-order valence-electron chi connectivity index (χ2n) is 5.98. The van der Waals surface area contributed by atoms with E-state index in [1.165, 1.54) is 19.1 Å². The molecule has 2 aromatic carbocycles. The minimum atomic E-state index is -1.00. The van der Waals surface area contributed by atoms with Crippen LogP contribution in [0.1, 0.15) is 31.0 Å². The Morgan fingerprint density at radius 2 is 1.67 bits per heavy atom. The van der Waals surface area contributed by atoms with E-state index in [0.29, 0.717) is 12.0 Å². The molecule has 6 heteroatoms. The lowest BCUT2D eigenvalue weighted by Gasteiger charge is -2.31. The van der Waals surface area contributed by atoms with Crippen molar-refractivity contribution < 1.29 is 15.2 Å². The molecule has 0 spiro atoms. The lowest BCUT2D eigenvalue weighted by atomic mass is 9.97. The van der Waals surface area contributed by atoms with Gasteiger partial charge in [0.15, 0.2) is 0 Å². The van der Waals surface area contributed by atoms with E-state index < -0.39 is 17.0 Å². The summed E-state index contributed by atoms with van der Waals surface area (Å²) in [6.45, 7) is 3.29. The molecule has 6 nitrogen and oxygen atoms in total. The molecule has 0 aliphatic rings. The molecule has 0 heterocycles. The Hall–Kier alpha value is -2.44. The number of benzene rings is 2. The monoisotopic (exact) mass is 330 g/mol. The fourth-order valence-corrected chi connectivity index (χ4v) is 2.76. The number of phenolic OH excluding ortho intramolecular Hbond substituents is 1. The van der Waals surface area contributed by atoms with Gasteiger partial charge in [0.25, 0.3) is 0 Å². The van der Waals surface area contributed by atoms with Gasteiger partial charge in [-0.15, -0.1) is 0 Å². The van der Waals surface area contributed by atoms with E-state index >= 15 is 0 Å². The summed E-state index contributed by atoms with van der Waals surface area (Å²) in [5.74, 6) is 0.0769. The lowest BCUT2D eigenvalue weighted by Crippen LogP contribution is -2.42. The molecule has 2 rings (SSSR count). The second-order valence-corrected chi connectivity index (χ2v) is 5.98. The van der Waals surface area contributed by atoms with Gasteiger partial charge in [-0.3, -0.25) is 10.1 Å². The van der Waals surface area contributed by atoms with Gasteiger partial charge in [-0.1, -0.05) is 42.5 Å². The molecule has 128 valence electrons. The van der Waals surface area contributed by atoms with Crippen molar-refractivity contribution >= 4 is 0 Å². The summed E-state index contributed by atoms with van der Waals surface area (Å²) in [4.78, 5) is 10.9. The highest BCUT2D eigenvalue weighted by atomic mass is 16.6. The van der Waals surface area contributed by atoms with Gasteiger partial charge >= 0.3 is 0 Å². The SMILES string of the molecule is CC(Cc1ccccc1)N(O)C(c1ccc(O)cc1)C(C)[N+](=O)[O-]. The van der Waals surface area contributed by atoms with Crippen molar-refractivity contribution in [3.8, 4) is 5.75 Å². The molecule has 3 unspecified atom stereocenters. The van der Waals surface area contributed by atoms with Crippen molar-refractivity contribution in [3.05, 3.63) is 75.8 Å². The third kappa shape index (κ3) is 4.31. The predicted octanol–water partition coefficient (Wildman–Crippen LogP) is 3.42. The molecule has 0 fully saturated rings. The van der Waals surface area contributed by atoms with Crippen LogP contribution in [0.4, 0.5) is 0 Å². The van der Waals surface area contributed by atoms with Gasteiger partial charge in [0, 0.05) is 17.9 Å². The van der Waals surface area contributed by atoms with Crippen molar-refractivity contribution in [2.45, 2.75) is 38.4 Å². The molecule has 2 aromatic rings. The van der Waals surface area contributed by atoms with Crippen LogP contribution in [0.3, 0.4) is 0 Å². The molecule has 2 N–H and O–H groups in total. The van der Waals surface area contributed by atoms with E-state index in [4.69, 9.17) is 0 Å². The zero-order valence-corrected chi connectivity index (χ0v) is 13.7. The first kappa shape index (κ1) is 17.9. The van der Waals surface area contributed by atoms with E-state index in [0.717, 1.165) is 10.6 Å². The van der Waals surface area contributed by atoms with E-state index in [-0.39, 0.29) is 11.8 Å². The number of aromatic hydroxyl groups is 1. The normalized spacial score (nSPS) is 15.0. The van der Waals surface area contributed by atoms with Gasteiger partial charge in [0.1, 0.15) is 11.8 Å². The van der Waals surface area contributed by atoms with Crippen LogP contribution in [0.25, 0.3) is 0 Å². The topological polar surface area (TPSA) is 86.8 Å². The summed E-state index contributed by atoms with van der Waals surface area (Å²) in [6.07, 6.45) is 0.566. The van der Waals surface area contributed by atoms with Crippen molar-refractivity contribution in [2.75, 3.05) is 0 Å². The van der Waals surface area contributed by atoms with Crippen LogP contribution in [-0.2, 0) is 6.42 Å². The maximum absolute atomic E-state index is 11.3. The Labute approximate surface area is 141 Å². The Morgan fingerprint density at radius 3 is 2.21 bits per heavy atom. The van der Waals surface area contributed by atoms with E-state index in [1.54, 1.807) is 12.1 Å². The molecule has 0 aromatic heterocycles. The maximum atomic E-state index is 11.3. The van der Waals surface area contributed by atoms with E-state index in [1.807, 2.05) is 37.3 Å². The summed E-state index contributed by atoms with van der Waals surface area (Å²) >= 11 is 0. The van der Waals surface area contributed by atoms with Crippen molar-refractivity contribution in [1.82, 2.24) is 5.06 Å². The molecule has 0 aliphatic heterocycles. The molecule has 0 saturated carbocycles. The number of hydrogen-bond acceptors (Lipinski definition) is 5. The third-order valence-electron chi connectivity index (χ3n) is 4.13. The first-order valence-electron chi connectivity index (χ1n) is 7.83. The van der Waals surface area contributed by atoms with Crippen LogP contribution >= 0.6 is 0 Å². The van der Waals surface area contributed by atoms with Crippen LogP contribution in [0, 0.1) is 10.1 Å². The number of phenols is 1. The first-order valence-corrected chi connectivity index (χ1v) is 7.83. The molecule has 24 heavy (non-hydrogen) atoms. The van der Waals surface area contributed by atoms with E-state index in [9.17, 15) is 20.4 Å². The molecule has 0 saturated heterocycles. The smallest absolute Gasteiger partial charge is 0.232 e. The number of nitro groups is 1. The average molecular weight is 330 g/mol. The van der Waals surface area contributed by atoms with Crippen LogP contribution in [-0.4, -0.2) is 32.4 Å². The van der Waals surface area contributed by atoms with Crippen molar-refractivity contribution in [3.63, 3.8) is 0 Å². The molecule has 0 radical (unpaired) electrons. The van der Waals surface area contributed by atoms with Gasteiger partial charge in [-0.25, -0.2) is 0 Å². The summed E-state index contributed by atoms with van der Waals surface area (Å²) in [5, 5.41) is 32.4. The van der Waals surface area contributed by atoms with Gasteiger partial charge < -0.3 is 10.3 Å². The van der Waals surface area contributed by atoms with Crippen LogP contribution in [0.2, 0.25) is 0 Å². The summed E-state index contributed by atoms with van der Waals surface area (Å²) in [5.41, 5.74) is 1.63. The summed E-state index contributed by atoms with van der Waals surface area (Å²) in [6, 6.07) is 13.7. The number of nitrogens with zero attached hydrogens (tertiary/aromatic N) is 2. The molecular weight excluding hydrogens is 308 g/mol. The zero-order valence-electron chi connectivity index (χ0n) is 13.7. The highest BCUT2D eigenvalue weighted by molar-refractivity contribution is 5.28. The molecule has 0 amide bonds. The largest absolute Gasteiger partial charge is 0.508 e. The molecule has 0 aliphatic carbocycles. The quantitative estimate of drug-likeness (QED) is 0.600. The Kier molecular flexibility index (Phi) is 5.89. The standard InChI is InChI=1S/C18H22N2O4/c1-13(12-15-6-4-3-5-7-15)19(22)18(14(2)20(23)24)16-8-10-17(21)11-9-16/h3-11,13-14,18,21-22H,12H2,1-2H3. The number of hydrogen-bond donors (Lipinski definition) is 2. The minimum Gasteiger partial charge on any atom is -0.508 e. The first-order chi connectivity index (χ1) is 11.4. The van der Waals surface area contributed by atoms with Crippen LogP contribution in [0.5, 0.6) is 5.75 Å². The van der Waals surface area contributed by atoms with Gasteiger partial charge in [-0.05, 0) is 36.6 Å². The third-order valence-corrected chi connectivity index (χ3v) is 4.13. The lowest BCUT2D eigenvalue weighted by molar-refractivity contribution is -0.533. The Morgan fingerprint density at radius 1 is 1.08 bits per heavy atom.